The molecule has 1 aromatic heterocycles. The number of aryl methyl sites for hydroxylation is 2. The third-order valence-electron chi connectivity index (χ3n) is 3.36. The van der Waals surface area contributed by atoms with Crippen molar-refractivity contribution in [2.24, 2.45) is 0 Å². The third kappa shape index (κ3) is 3.40. The average Bonchev–Trinajstić information content (AvgIpc) is 2.92. The Morgan fingerprint density at radius 1 is 1.29 bits per heavy atom. The Bertz CT molecular complexity index is 674. The van der Waals surface area contributed by atoms with Crippen LogP contribution in [0.3, 0.4) is 0 Å². The van der Waals surface area contributed by atoms with Gasteiger partial charge in [-0.25, -0.2) is 0 Å². The van der Waals surface area contributed by atoms with Crippen LogP contribution in [0, 0.1) is 13.8 Å². The molecule has 2 aromatic rings. The summed E-state index contributed by atoms with van der Waals surface area (Å²) in [5.41, 5.74) is 3.07. The zero-order chi connectivity index (χ0) is 15.6. The molecule has 0 radical (unpaired) electrons. The van der Waals surface area contributed by atoms with Gasteiger partial charge in [0.15, 0.2) is 5.78 Å². The van der Waals surface area contributed by atoms with Crippen molar-refractivity contribution < 1.29 is 9.90 Å². The fourth-order valence-corrected chi connectivity index (χ4v) is 2.10. The number of aromatic nitrogens is 2. The van der Waals surface area contributed by atoms with Gasteiger partial charge >= 0.3 is 0 Å². The minimum atomic E-state index is -0.0784. The lowest BCUT2D eigenvalue weighted by molar-refractivity contribution is 0.104. The van der Waals surface area contributed by atoms with Crippen molar-refractivity contribution in [3.05, 3.63) is 52.9 Å². The van der Waals surface area contributed by atoms with E-state index in [1.54, 1.807) is 23.2 Å². The molecule has 0 atom stereocenters. The maximum Gasteiger partial charge on any atom is 0.189 e. The van der Waals surface area contributed by atoms with E-state index in [2.05, 4.69) is 5.10 Å². The van der Waals surface area contributed by atoms with Crippen LogP contribution < -0.4 is 0 Å². The van der Waals surface area contributed by atoms with Crippen LogP contribution in [0.5, 0.6) is 5.75 Å². The molecule has 2 rings (SSSR count). The Balaban J connectivity index is 2.18. The molecule has 0 aliphatic rings. The van der Waals surface area contributed by atoms with Gasteiger partial charge in [0.2, 0.25) is 0 Å². The van der Waals surface area contributed by atoms with Crippen molar-refractivity contribution in [2.75, 3.05) is 0 Å². The number of carbonyl (C=O) groups is 1. The fourth-order valence-electron chi connectivity index (χ4n) is 2.10. The van der Waals surface area contributed by atoms with Crippen LogP contribution in [-0.4, -0.2) is 20.7 Å². The number of benzene rings is 1. The van der Waals surface area contributed by atoms with Crippen LogP contribution in [0.2, 0.25) is 0 Å². The molecule has 0 amide bonds. The zero-order valence-corrected chi connectivity index (χ0v) is 12.8. The summed E-state index contributed by atoms with van der Waals surface area (Å²) in [5, 5.41) is 13.9. The number of rotatable bonds is 4. The summed E-state index contributed by atoms with van der Waals surface area (Å²) in [4.78, 5) is 12.1. The molecule has 0 aliphatic carbocycles. The smallest absolute Gasteiger partial charge is 0.189 e. The fraction of sp³-hybridized carbons (Fsp3) is 0.294. The second-order valence-electron chi connectivity index (χ2n) is 5.50. The molecule has 4 nitrogen and oxygen atoms in total. The molecule has 0 saturated carbocycles. The minimum absolute atomic E-state index is 0.0784. The summed E-state index contributed by atoms with van der Waals surface area (Å²) in [7, 11) is 0. The predicted molar refractivity (Wildman–Crippen MR) is 83.6 cm³/mol. The maximum atomic E-state index is 12.1. The summed E-state index contributed by atoms with van der Waals surface area (Å²) in [5.74, 6) is 0.224. The van der Waals surface area contributed by atoms with Crippen molar-refractivity contribution >= 4 is 11.9 Å². The van der Waals surface area contributed by atoms with Crippen molar-refractivity contribution in [2.45, 2.75) is 33.7 Å². The molecule has 21 heavy (non-hydrogen) atoms. The number of ketones is 1. The molecule has 0 unspecified atom stereocenters. The standard InChI is InChI=1S/C17H20N2O2/c1-11(2)19-10-15(9-18-19)16(20)6-5-14-7-12(3)17(21)13(4)8-14/h5-11,21H,1-4H3. The van der Waals surface area contributed by atoms with Gasteiger partial charge in [-0.1, -0.05) is 6.08 Å². The van der Waals surface area contributed by atoms with Gasteiger partial charge in [-0.05, 0) is 62.6 Å². The molecule has 1 heterocycles. The first-order chi connectivity index (χ1) is 9.88. The minimum Gasteiger partial charge on any atom is -0.507 e. The van der Waals surface area contributed by atoms with E-state index in [4.69, 9.17) is 0 Å². The van der Waals surface area contributed by atoms with Crippen molar-refractivity contribution in [1.82, 2.24) is 9.78 Å². The van der Waals surface area contributed by atoms with E-state index < -0.39 is 0 Å². The Labute approximate surface area is 124 Å². The van der Waals surface area contributed by atoms with Gasteiger partial charge < -0.3 is 5.11 Å². The molecule has 0 spiro atoms. The number of phenolic OH excluding ortho intramolecular Hbond substituents is 1. The van der Waals surface area contributed by atoms with E-state index in [9.17, 15) is 9.90 Å². The highest BCUT2D eigenvalue weighted by molar-refractivity contribution is 6.06. The van der Waals surface area contributed by atoms with Crippen molar-refractivity contribution in [3.8, 4) is 5.75 Å². The lowest BCUT2D eigenvalue weighted by Gasteiger charge is -2.04. The molecule has 4 heteroatoms. The Kier molecular flexibility index (Phi) is 4.26. The van der Waals surface area contributed by atoms with E-state index in [1.165, 1.54) is 6.08 Å². The predicted octanol–water partition coefficient (Wildman–Crippen LogP) is 3.68. The van der Waals surface area contributed by atoms with E-state index >= 15 is 0 Å². The number of carbonyl (C=O) groups excluding carboxylic acids is 1. The van der Waals surface area contributed by atoms with Gasteiger partial charge in [0.1, 0.15) is 5.75 Å². The summed E-state index contributed by atoms with van der Waals surface area (Å²) >= 11 is 0. The normalized spacial score (nSPS) is 11.5. The SMILES string of the molecule is Cc1cc(C=CC(=O)c2cnn(C(C)C)c2)cc(C)c1O. The number of hydrogen-bond acceptors (Lipinski definition) is 3. The quantitative estimate of drug-likeness (QED) is 0.688. The number of phenols is 1. The van der Waals surface area contributed by atoms with Crippen molar-refractivity contribution in [3.63, 3.8) is 0 Å². The van der Waals surface area contributed by atoms with Crippen LogP contribution in [0.25, 0.3) is 6.08 Å². The number of hydrogen-bond donors (Lipinski definition) is 1. The highest BCUT2D eigenvalue weighted by atomic mass is 16.3. The summed E-state index contributed by atoms with van der Waals surface area (Å²) < 4.78 is 1.76. The molecule has 1 N–H and O–H groups in total. The van der Waals surface area contributed by atoms with E-state index in [0.717, 1.165) is 16.7 Å². The molecule has 0 bridgehead atoms. The molecule has 0 fully saturated rings. The number of allylic oxidation sites excluding steroid dienone is 1. The summed E-state index contributed by atoms with van der Waals surface area (Å²) in [6.45, 7) is 7.71. The molecule has 110 valence electrons. The first-order valence-electron chi connectivity index (χ1n) is 6.95. The lowest BCUT2D eigenvalue weighted by atomic mass is 10.0. The molecular formula is C17H20N2O2. The van der Waals surface area contributed by atoms with E-state index in [0.29, 0.717) is 11.3 Å². The van der Waals surface area contributed by atoms with Gasteiger partial charge in [-0.2, -0.15) is 5.10 Å². The Morgan fingerprint density at radius 3 is 2.43 bits per heavy atom. The van der Waals surface area contributed by atoms with Crippen LogP contribution in [0.1, 0.15) is 46.9 Å². The van der Waals surface area contributed by atoms with Crippen molar-refractivity contribution in [1.29, 1.82) is 0 Å². The Morgan fingerprint density at radius 2 is 1.90 bits per heavy atom. The second kappa shape index (κ2) is 5.95. The van der Waals surface area contributed by atoms with Gasteiger partial charge in [-0.3, -0.25) is 9.48 Å². The van der Waals surface area contributed by atoms with Crippen LogP contribution >= 0.6 is 0 Å². The monoisotopic (exact) mass is 284 g/mol. The molecule has 0 saturated heterocycles. The molecule has 1 aromatic carbocycles. The third-order valence-corrected chi connectivity index (χ3v) is 3.36. The van der Waals surface area contributed by atoms with E-state index in [1.807, 2.05) is 39.8 Å². The van der Waals surface area contributed by atoms with Gasteiger partial charge in [0.25, 0.3) is 0 Å². The van der Waals surface area contributed by atoms with Crippen LogP contribution in [0.15, 0.2) is 30.6 Å². The topological polar surface area (TPSA) is 55.1 Å². The van der Waals surface area contributed by atoms with Gasteiger partial charge in [0.05, 0.1) is 11.8 Å². The zero-order valence-electron chi connectivity index (χ0n) is 12.8. The number of nitrogens with zero attached hydrogens (tertiary/aromatic N) is 2. The maximum absolute atomic E-state index is 12.1. The Hall–Kier alpha value is -2.36. The summed E-state index contributed by atoms with van der Waals surface area (Å²) in [6.07, 6.45) is 6.63. The highest BCUT2D eigenvalue weighted by Crippen LogP contribution is 2.23. The first kappa shape index (κ1) is 15.0. The van der Waals surface area contributed by atoms with Crippen LogP contribution in [0.4, 0.5) is 0 Å². The molecular weight excluding hydrogens is 264 g/mol. The lowest BCUT2D eigenvalue weighted by Crippen LogP contribution is -2.00. The van der Waals surface area contributed by atoms with E-state index in [-0.39, 0.29) is 11.8 Å². The highest BCUT2D eigenvalue weighted by Gasteiger charge is 2.07. The molecule has 0 aliphatic heterocycles. The summed E-state index contributed by atoms with van der Waals surface area (Å²) in [6, 6.07) is 3.94. The van der Waals surface area contributed by atoms with Gasteiger partial charge in [0, 0.05) is 12.2 Å². The largest absolute Gasteiger partial charge is 0.507 e. The second-order valence-corrected chi connectivity index (χ2v) is 5.50. The van der Waals surface area contributed by atoms with Crippen LogP contribution in [-0.2, 0) is 0 Å². The average molecular weight is 284 g/mol. The van der Waals surface area contributed by atoms with Gasteiger partial charge in [-0.15, -0.1) is 0 Å². The number of aromatic hydroxyl groups is 1. The first-order valence-corrected chi connectivity index (χ1v) is 6.95.